The zero-order valence-electron chi connectivity index (χ0n) is 23.9. The molecule has 0 radical (unpaired) electrons. The number of hydrogen-bond donors (Lipinski definition) is 1. The van der Waals surface area contributed by atoms with Crippen LogP contribution in [0.5, 0.6) is 11.5 Å². The van der Waals surface area contributed by atoms with Gasteiger partial charge >= 0.3 is 0 Å². The first-order valence-corrected chi connectivity index (χ1v) is 15.1. The van der Waals surface area contributed by atoms with Crippen molar-refractivity contribution in [1.29, 1.82) is 0 Å². The summed E-state index contributed by atoms with van der Waals surface area (Å²) in [6.45, 7) is 3.20. The van der Waals surface area contributed by atoms with E-state index in [-0.39, 0.29) is 0 Å². The highest BCUT2D eigenvalue weighted by molar-refractivity contribution is 7.90. The van der Waals surface area contributed by atoms with Crippen LogP contribution in [0, 0.1) is 6.92 Å². The Balaban J connectivity index is 1.57. The first kappa shape index (κ1) is 28.0. The van der Waals surface area contributed by atoms with Crippen LogP contribution in [0.3, 0.4) is 0 Å². The van der Waals surface area contributed by atoms with Crippen molar-refractivity contribution in [2.75, 3.05) is 30.7 Å². The molecule has 0 atom stereocenters. The summed E-state index contributed by atoms with van der Waals surface area (Å²) < 4.78 is 36.8. The molecular weight excluding hydrogens is 536 g/mol. The Labute approximate surface area is 241 Å². The van der Waals surface area contributed by atoms with Crippen molar-refractivity contribution in [3.8, 4) is 11.5 Å². The predicted octanol–water partition coefficient (Wildman–Crippen LogP) is 6.25. The summed E-state index contributed by atoms with van der Waals surface area (Å²) in [5.74, 6) is 1.62. The number of sulfone groups is 1. The third-order valence-electron chi connectivity index (χ3n) is 7.12. The summed E-state index contributed by atoms with van der Waals surface area (Å²) in [4.78, 5) is 7.38. The SMILES string of the molecule is COc1ccc(CN(Cc2ccc(OC)cc2)c2cc(Nc3ccc(S(C)(=O)=O)cc3C)cc3c2ncn3C)cc1. The molecule has 0 spiro atoms. The Morgan fingerprint density at radius 1 is 0.854 bits per heavy atom. The first-order valence-electron chi connectivity index (χ1n) is 13.2. The van der Waals surface area contributed by atoms with Gasteiger partial charge in [-0.3, -0.25) is 0 Å². The zero-order valence-corrected chi connectivity index (χ0v) is 24.7. The van der Waals surface area contributed by atoms with Gasteiger partial charge in [0.2, 0.25) is 0 Å². The molecule has 1 N–H and O–H groups in total. The molecule has 0 bridgehead atoms. The minimum absolute atomic E-state index is 0.300. The monoisotopic (exact) mass is 570 g/mol. The summed E-state index contributed by atoms with van der Waals surface area (Å²) in [7, 11) is 2.02. The van der Waals surface area contributed by atoms with Crippen LogP contribution in [0.4, 0.5) is 17.1 Å². The lowest BCUT2D eigenvalue weighted by Crippen LogP contribution is -2.22. The quantitative estimate of drug-likeness (QED) is 0.212. The van der Waals surface area contributed by atoms with Gasteiger partial charge in [-0.25, -0.2) is 13.4 Å². The zero-order chi connectivity index (χ0) is 29.1. The van der Waals surface area contributed by atoms with Crippen LogP contribution in [0.25, 0.3) is 11.0 Å². The van der Waals surface area contributed by atoms with Gasteiger partial charge in [-0.1, -0.05) is 24.3 Å². The van der Waals surface area contributed by atoms with E-state index in [2.05, 4.69) is 46.6 Å². The number of nitrogens with one attached hydrogen (secondary N) is 1. The van der Waals surface area contributed by atoms with E-state index in [1.807, 2.05) is 55.2 Å². The second-order valence-electron chi connectivity index (χ2n) is 10.1. The average molecular weight is 571 g/mol. The van der Waals surface area contributed by atoms with Crippen molar-refractivity contribution in [3.63, 3.8) is 0 Å². The normalized spacial score (nSPS) is 11.4. The lowest BCUT2D eigenvalue weighted by molar-refractivity contribution is 0.414. The van der Waals surface area contributed by atoms with E-state index in [1.165, 1.54) is 6.26 Å². The van der Waals surface area contributed by atoms with Gasteiger partial charge < -0.3 is 24.3 Å². The van der Waals surface area contributed by atoms with Crippen molar-refractivity contribution in [2.24, 2.45) is 7.05 Å². The summed E-state index contributed by atoms with van der Waals surface area (Å²) in [5.41, 5.74) is 7.66. The van der Waals surface area contributed by atoms with Crippen LogP contribution in [0.1, 0.15) is 16.7 Å². The second kappa shape index (κ2) is 11.5. The third kappa shape index (κ3) is 6.30. The molecule has 1 aromatic heterocycles. The van der Waals surface area contributed by atoms with Gasteiger partial charge in [-0.2, -0.15) is 0 Å². The third-order valence-corrected chi connectivity index (χ3v) is 8.23. The number of hydrogen-bond acceptors (Lipinski definition) is 7. The molecule has 0 aliphatic heterocycles. The molecule has 0 unspecified atom stereocenters. The number of aromatic nitrogens is 2. The fourth-order valence-electron chi connectivity index (χ4n) is 4.82. The molecular formula is C32H34N4O4S. The fraction of sp³-hybridized carbons (Fsp3) is 0.219. The highest BCUT2D eigenvalue weighted by Crippen LogP contribution is 2.34. The number of benzene rings is 4. The van der Waals surface area contributed by atoms with Gasteiger partial charge in [-0.05, 0) is 78.2 Å². The van der Waals surface area contributed by atoms with E-state index in [9.17, 15) is 8.42 Å². The smallest absolute Gasteiger partial charge is 0.175 e. The molecule has 1 heterocycles. The van der Waals surface area contributed by atoms with Gasteiger partial charge in [0, 0.05) is 37.8 Å². The van der Waals surface area contributed by atoms with E-state index in [4.69, 9.17) is 14.5 Å². The predicted molar refractivity (Wildman–Crippen MR) is 164 cm³/mol. The van der Waals surface area contributed by atoms with Crippen LogP contribution in [0.2, 0.25) is 0 Å². The summed E-state index contributed by atoms with van der Waals surface area (Å²) in [6.07, 6.45) is 3.04. The van der Waals surface area contributed by atoms with E-state index in [0.29, 0.717) is 18.0 Å². The number of anilines is 3. The molecule has 0 fully saturated rings. The molecule has 0 aliphatic carbocycles. The molecule has 9 heteroatoms. The minimum atomic E-state index is -3.29. The van der Waals surface area contributed by atoms with Crippen LogP contribution >= 0.6 is 0 Å². The summed E-state index contributed by atoms with van der Waals surface area (Å²) in [6, 6.07) is 25.5. The first-order chi connectivity index (χ1) is 19.6. The molecule has 5 aromatic rings. The molecule has 41 heavy (non-hydrogen) atoms. The van der Waals surface area contributed by atoms with Gasteiger partial charge in [0.05, 0.1) is 36.6 Å². The molecule has 0 amide bonds. The highest BCUT2D eigenvalue weighted by atomic mass is 32.2. The second-order valence-corrected chi connectivity index (χ2v) is 12.2. The van der Waals surface area contributed by atoms with Crippen molar-refractivity contribution < 1.29 is 17.9 Å². The standard InChI is InChI=1S/C32H34N4O4S/c1-22-16-28(41(5,37)38)14-15-29(22)34-25-17-30-32(33-21-35(30)2)31(18-25)36(19-23-6-10-26(39-3)11-7-23)20-24-8-12-27(40-4)13-9-24/h6-18,21,34H,19-20H2,1-5H3. The molecule has 5 rings (SSSR count). The Bertz CT molecular complexity index is 1730. The topological polar surface area (TPSA) is 85.7 Å². The number of ether oxygens (including phenoxy) is 2. The van der Waals surface area contributed by atoms with E-state index < -0.39 is 9.84 Å². The van der Waals surface area contributed by atoms with Crippen LogP contribution in [0.15, 0.2) is 90.1 Å². The summed E-state index contributed by atoms with van der Waals surface area (Å²) in [5, 5.41) is 3.52. The molecule has 8 nitrogen and oxygen atoms in total. The Hall–Kier alpha value is -4.50. The van der Waals surface area contributed by atoms with Crippen LogP contribution < -0.4 is 19.7 Å². The lowest BCUT2D eigenvalue weighted by atomic mass is 10.1. The number of aryl methyl sites for hydroxylation is 2. The van der Waals surface area contributed by atoms with Gasteiger partial charge in [0.25, 0.3) is 0 Å². The molecule has 4 aromatic carbocycles. The van der Waals surface area contributed by atoms with E-state index in [0.717, 1.165) is 56.3 Å². The number of fused-ring (bicyclic) bond motifs is 1. The molecule has 0 aliphatic rings. The maximum absolute atomic E-state index is 12.1. The number of rotatable bonds is 10. The maximum Gasteiger partial charge on any atom is 0.175 e. The van der Waals surface area contributed by atoms with Gasteiger partial charge in [-0.15, -0.1) is 0 Å². The Morgan fingerprint density at radius 3 is 1.95 bits per heavy atom. The summed E-state index contributed by atoms with van der Waals surface area (Å²) >= 11 is 0. The largest absolute Gasteiger partial charge is 0.497 e. The average Bonchev–Trinajstić information content (AvgIpc) is 3.34. The highest BCUT2D eigenvalue weighted by Gasteiger charge is 2.18. The van der Waals surface area contributed by atoms with E-state index in [1.54, 1.807) is 26.4 Å². The minimum Gasteiger partial charge on any atom is -0.497 e. The van der Waals surface area contributed by atoms with Gasteiger partial charge in [0.15, 0.2) is 9.84 Å². The van der Waals surface area contributed by atoms with Crippen LogP contribution in [-0.4, -0.2) is 38.4 Å². The lowest BCUT2D eigenvalue weighted by Gasteiger charge is -2.27. The number of nitrogens with zero attached hydrogens (tertiary/aromatic N) is 3. The van der Waals surface area contributed by atoms with Gasteiger partial charge in [0.1, 0.15) is 17.0 Å². The number of methoxy groups -OCH3 is 2. The molecule has 212 valence electrons. The van der Waals surface area contributed by atoms with Crippen molar-refractivity contribution >= 4 is 37.9 Å². The Kier molecular flexibility index (Phi) is 7.90. The fourth-order valence-corrected chi connectivity index (χ4v) is 5.52. The molecule has 0 saturated heterocycles. The van der Waals surface area contributed by atoms with Crippen LogP contribution in [-0.2, 0) is 30.0 Å². The van der Waals surface area contributed by atoms with Crippen molar-refractivity contribution in [1.82, 2.24) is 9.55 Å². The van der Waals surface area contributed by atoms with Crippen molar-refractivity contribution in [2.45, 2.75) is 24.9 Å². The van der Waals surface area contributed by atoms with E-state index >= 15 is 0 Å². The van der Waals surface area contributed by atoms with Crippen molar-refractivity contribution in [3.05, 3.63) is 102 Å². The maximum atomic E-state index is 12.1. The number of imidazole rings is 1. The molecule has 0 saturated carbocycles. The Morgan fingerprint density at radius 2 is 1.44 bits per heavy atom.